The molecule has 0 spiro atoms. The van der Waals surface area contributed by atoms with Gasteiger partial charge in [-0.1, -0.05) is 33.6 Å². The van der Waals surface area contributed by atoms with Gasteiger partial charge < -0.3 is 10.6 Å². The van der Waals surface area contributed by atoms with Gasteiger partial charge in [0.1, 0.15) is 0 Å². The molecule has 0 bridgehead atoms. The maximum Gasteiger partial charge on any atom is 0.226 e. The van der Waals surface area contributed by atoms with Crippen molar-refractivity contribution in [3.63, 3.8) is 0 Å². The van der Waals surface area contributed by atoms with Crippen molar-refractivity contribution in [2.45, 2.75) is 46.5 Å². The van der Waals surface area contributed by atoms with Crippen molar-refractivity contribution in [3.8, 4) is 0 Å². The first kappa shape index (κ1) is 15.4. The maximum absolute atomic E-state index is 12.0. The lowest BCUT2D eigenvalue weighted by Crippen LogP contribution is -2.37. The Bertz CT molecular complexity index is 192. The fourth-order valence-electron chi connectivity index (χ4n) is 1.89. The van der Waals surface area contributed by atoms with Crippen molar-refractivity contribution >= 4 is 5.91 Å². The quantitative estimate of drug-likeness (QED) is 0.648. The Hall–Kier alpha value is -0.570. The van der Waals surface area contributed by atoms with Crippen LogP contribution in [0.3, 0.4) is 0 Å². The topological polar surface area (TPSA) is 46.3 Å². The van der Waals surface area contributed by atoms with E-state index in [4.69, 9.17) is 5.73 Å². The van der Waals surface area contributed by atoms with Crippen LogP contribution in [0.25, 0.3) is 0 Å². The van der Waals surface area contributed by atoms with Crippen LogP contribution in [0.1, 0.15) is 46.5 Å². The van der Waals surface area contributed by atoms with Crippen LogP contribution in [0.5, 0.6) is 0 Å². The van der Waals surface area contributed by atoms with Gasteiger partial charge in [-0.2, -0.15) is 0 Å². The second-order valence-electron chi connectivity index (χ2n) is 5.03. The van der Waals surface area contributed by atoms with E-state index < -0.39 is 0 Å². The average Bonchev–Trinajstić information content (AvgIpc) is 2.24. The summed E-state index contributed by atoms with van der Waals surface area (Å²) in [6, 6.07) is 0. The summed E-state index contributed by atoms with van der Waals surface area (Å²) in [6.45, 7) is 7.76. The van der Waals surface area contributed by atoms with E-state index in [1.807, 2.05) is 11.9 Å². The minimum Gasteiger partial charge on any atom is -0.345 e. The van der Waals surface area contributed by atoms with Crippen LogP contribution in [0.2, 0.25) is 0 Å². The zero-order valence-electron chi connectivity index (χ0n) is 11.3. The number of hydrogen-bond donors (Lipinski definition) is 1. The lowest BCUT2D eigenvalue weighted by Gasteiger charge is -2.24. The predicted molar refractivity (Wildman–Crippen MR) is 69.2 cm³/mol. The van der Waals surface area contributed by atoms with Crippen LogP contribution in [0, 0.1) is 11.8 Å². The van der Waals surface area contributed by atoms with Crippen molar-refractivity contribution < 1.29 is 4.79 Å². The molecule has 0 fully saturated rings. The number of carbonyl (C=O) groups excluding carboxylic acids is 1. The summed E-state index contributed by atoms with van der Waals surface area (Å²) in [4.78, 5) is 13.9. The van der Waals surface area contributed by atoms with Crippen LogP contribution in [0.4, 0.5) is 0 Å². The number of rotatable bonds is 8. The molecule has 0 aromatic heterocycles. The van der Waals surface area contributed by atoms with E-state index in [0.717, 1.165) is 19.4 Å². The Morgan fingerprint density at radius 1 is 1.31 bits per heavy atom. The molecule has 0 aliphatic rings. The number of nitrogens with zero attached hydrogens (tertiary/aromatic N) is 1. The highest BCUT2D eigenvalue weighted by atomic mass is 16.2. The largest absolute Gasteiger partial charge is 0.345 e. The SMILES string of the molecule is CCCCCN(C)C(=O)C(CN)CC(C)C. The molecule has 0 radical (unpaired) electrons. The second kappa shape index (κ2) is 8.57. The van der Waals surface area contributed by atoms with Gasteiger partial charge in [-0.25, -0.2) is 0 Å². The van der Waals surface area contributed by atoms with Gasteiger partial charge in [0, 0.05) is 20.1 Å². The standard InChI is InChI=1S/C13H28N2O/c1-5-6-7-8-15(4)13(16)12(10-14)9-11(2)3/h11-12H,5-10,14H2,1-4H3. The Morgan fingerprint density at radius 2 is 1.94 bits per heavy atom. The molecule has 3 heteroatoms. The summed E-state index contributed by atoms with van der Waals surface area (Å²) in [7, 11) is 1.89. The first-order chi connectivity index (χ1) is 7.52. The van der Waals surface area contributed by atoms with Gasteiger partial charge in [0.2, 0.25) is 5.91 Å². The Kier molecular flexibility index (Phi) is 8.26. The lowest BCUT2D eigenvalue weighted by atomic mass is 9.96. The molecule has 0 saturated heterocycles. The maximum atomic E-state index is 12.0. The van der Waals surface area contributed by atoms with Crippen molar-refractivity contribution in [1.29, 1.82) is 0 Å². The van der Waals surface area contributed by atoms with Gasteiger partial charge in [0.25, 0.3) is 0 Å². The van der Waals surface area contributed by atoms with Gasteiger partial charge in [0.05, 0.1) is 5.92 Å². The summed E-state index contributed by atoms with van der Waals surface area (Å²) >= 11 is 0. The fraction of sp³-hybridized carbons (Fsp3) is 0.923. The Balaban J connectivity index is 4.06. The minimum atomic E-state index is 0.00614. The third kappa shape index (κ3) is 6.11. The number of amides is 1. The molecule has 0 aromatic rings. The first-order valence-corrected chi connectivity index (χ1v) is 6.47. The number of carbonyl (C=O) groups is 1. The fourth-order valence-corrected chi connectivity index (χ4v) is 1.89. The van der Waals surface area contributed by atoms with E-state index in [1.54, 1.807) is 0 Å². The van der Waals surface area contributed by atoms with Crippen molar-refractivity contribution in [3.05, 3.63) is 0 Å². The van der Waals surface area contributed by atoms with E-state index in [2.05, 4.69) is 20.8 Å². The van der Waals surface area contributed by atoms with Crippen LogP contribution < -0.4 is 5.73 Å². The molecule has 0 aromatic carbocycles. The summed E-state index contributed by atoms with van der Waals surface area (Å²) in [5.41, 5.74) is 5.67. The zero-order valence-corrected chi connectivity index (χ0v) is 11.3. The molecule has 16 heavy (non-hydrogen) atoms. The minimum absolute atomic E-state index is 0.00614. The molecule has 1 amide bonds. The molecule has 1 unspecified atom stereocenters. The van der Waals surface area contributed by atoms with Crippen LogP contribution in [-0.2, 0) is 4.79 Å². The molecule has 0 rings (SSSR count). The summed E-state index contributed by atoms with van der Waals surface area (Å²) in [5, 5.41) is 0. The first-order valence-electron chi connectivity index (χ1n) is 6.47. The second-order valence-corrected chi connectivity index (χ2v) is 5.03. The van der Waals surface area contributed by atoms with Crippen LogP contribution in [-0.4, -0.2) is 30.9 Å². The molecule has 0 aliphatic carbocycles. The van der Waals surface area contributed by atoms with Gasteiger partial charge >= 0.3 is 0 Å². The zero-order chi connectivity index (χ0) is 12.6. The van der Waals surface area contributed by atoms with E-state index in [0.29, 0.717) is 12.5 Å². The van der Waals surface area contributed by atoms with Gasteiger partial charge in [0.15, 0.2) is 0 Å². The highest BCUT2D eigenvalue weighted by Gasteiger charge is 2.21. The van der Waals surface area contributed by atoms with E-state index >= 15 is 0 Å². The number of unbranched alkanes of at least 4 members (excludes halogenated alkanes) is 2. The third-order valence-corrected chi connectivity index (χ3v) is 2.86. The molecular formula is C13H28N2O. The van der Waals surface area contributed by atoms with Crippen LogP contribution >= 0.6 is 0 Å². The van der Waals surface area contributed by atoms with Gasteiger partial charge in [-0.3, -0.25) is 4.79 Å². The normalized spacial score (nSPS) is 12.9. The van der Waals surface area contributed by atoms with Gasteiger partial charge in [-0.15, -0.1) is 0 Å². The highest BCUT2D eigenvalue weighted by Crippen LogP contribution is 2.13. The van der Waals surface area contributed by atoms with Gasteiger partial charge in [-0.05, 0) is 18.8 Å². The molecular weight excluding hydrogens is 200 g/mol. The van der Waals surface area contributed by atoms with E-state index in [1.165, 1.54) is 12.8 Å². The molecule has 0 saturated carbocycles. The van der Waals surface area contributed by atoms with Crippen molar-refractivity contribution in [2.24, 2.45) is 17.6 Å². The van der Waals surface area contributed by atoms with Crippen molar-refractivity contribution in [2.75, 3.05) is 20.1 Å². The third-order valence-electron chi connectivity index (χ3n) is 2.86. The Labute approximate surface area is 100 Å². The van der Waals surface area contributed by atoms with E-state index in [9.17, 15) is 4.79 Å². The molecule has 1 atom stereocenters. The van der Waals surface area contributed by atoms with E-state index in [-0.39, 0.29) is 11.8 Å². The molecule has 0 heterocycles. The molecule has 2 N–H and O–H groups in total. The highest BCUT2D eigenvalue weighted by molar-refractivity contribution is 5.78. The van der Waals surface area contributed by atoms with Crippen molar-refractivity contribution in [1.82, 2.24) is 4.90 Å². The summed E-state index contributed by atoms with van der Waals surface area (Å²) in [6.07, 6.45) is 4.37. The molecule has 96 valence electrons. The predicted octanol–water partition coefficient (Wildman–Crippen LogP) is 2.26. The average molecular weight is 228 g/mol. The molecule has 3 nitrogen and oxygen atoms in total. The summed E-state index contributed by atoms with van der Waals surface area (Å²) in [5.74, 6) is 0.750. The smallest absolute Gasteiger partial charge is 0.226 e. The summed E-state index contributed by atoms with van der Waals surface area (Å²) < 4.78 is 0. The van der Waals surface area contributed by atoms with Crippen LogP contribution in [0.15, 0.2) is 0 Å². The lowest BCUT2D eigenvalue weighted by molar-refractivity contribution is -0.134. The Morgan fingerprint density at radius 3 is 2.38 bits per heavy atom. The monoisotopic (exact) mass is 228 g/mol. The number of hydrogen-bond acceptors (Lipinski definition) is 2. The molecule has 0 aliphatic heterocycles. The number of nitrogens with two attached hydrogens (primary N) is 1.